The summed E-state index contributed by atoms with van der Waals surface area (Å²) in [5, 5.41) is 3.71. The van der Waals surface area contributed by atoms with Gasteiger partial charge in [0.2, 0.25) is 0 Å². The van der Waals surface area contributed by atoms with Gasteiger partial charge < -0.3 is 14.2 Å². The van der Waals surface area contributed by atoms with Crippen molar-refractivity contribution in [3.05, 3.63) is 45.8 Å². The molecule has 1 aliphatic heterocycles. The standard InChI is InChI=1S/C15H19N3O4/c1-9-6-4-5-7-10(9)13(19)15(21-3)14-11(17-18-16)8-12(20-2)22-14/h4-7,11-12,14-15H,8H2,1-3H3/t11-,12-,14-,15?/m0/s1. The molecule has 0 spiro atoms. The van der Waals surface area contributed by atoms with E-state index in [-0.39, 0.29) is 5.78 Å². The summed E-state index contributed by atoms with van der Waals surface area (Å²) in [7, 11) is 2.95. The highest BCUT2D eigenvalue weighted by Crippen LogP contribution is 2.29. The quantitative estimate of drug-likeness (QED) is 0.349. The highest BCUT2D eigenvalue weighted by Gasteiger charge is 2.43. The predicted molar refractivity (Wildman–Crippen MR) is 79.5 cm³/mol. The van der Waals surface area contributed by atoms with E-state index in [0.717, 1.165) is 5.56 Å². The number of Topliss-reactive ketones (excluding diaryl/α,β-unsaturated/α-hetero) is 1. The van der Waals surface area contributed by atoms with Gasteiger partial charge in [-0.3, -0.25) is 4.79 Å². The molecular weight excluding hydrogens is 286 g/mol. The smallest absolute Gasteiger partial charge is 0.194 e. The molecule has 22 heavy (non-hydrogen) atoms. The first-order valence-electron chi connectivity index (χ1n) is 6.97. The minimum absolute atomic E-state index is 0.194. The van der Waals surface area contributed by atoms with Crippen molar-refractivity contribution in [2.24, 2.45) is 5.11 Å². The van der Waals surface area contributed by atoms with Crippen molar-refractivity contribution in [2.75, 3.05) is 14.2 Å². The van der Waals surface area contributed by atoms with Crippen LogP contribution in [0.5, 0.6) is 0 Å². The number of ketones is 1. The van der Waals surface area contributed by atoms with Crippen molar-refractivity contribution in [1.82, 2.24) is 0 Å². The Balaban J connectivity index is 2.28. The third-order valence-electron chi connectivity index (χ3n) is 3.81. The van der Waals surface area contributed by atoms with Crippen LogP contribution in [-0.2, 0) is 14.2 Å². The van der Waals surface area contributed by atoms with Gasteiger partial charge in [0.25, 0.3) is 0 Å². The molecule has 0 N–H and O–H groups in total. The maximum Gasteiger partial charge on any atom is 0.194 e. The molecule has 0 aromatic heterocycles. The summed E-state index contributed by atoms with van der Waals surface area (Å²) in [5.41, 5.74) is 10.1. The Morgan fingerprint density at radius 1 is 1.45 bits per heavy atom. The molecule has 1 heterocycles. The van der Waals surface area contributed by atoms with Gasteiger partial charge in [0.05, 0.1) is 6.04 Å². The second-order valence-electron chi connectivity index (χ2n) is 5.11. The molecule has 0 radical (unpaired) electrons. The molecule has 1 aromatic carbocycles. The average Bonchev–Trinajstić information content (AvgIpc) is 2.92. The van der Waals surface area contributed by atoms with Crippen LogP contribution in [0.2, 0.25) is 0 Å². The maximum atomic E-state index is 12.7. The van der Waals surface area contributed by atoms with E-state index in [4.69, 9.17) is 19.7 Å². The molecule has 0 aliphatic carbocycles. The van der Waals surface area contributed by atoms with Crippen molar-refractivity contribution >= 4 is 5.78 Å². The lowest BCUT2D eigenvalue weighted by Crippen LogP contribution is -2.41. The van der Waals surface area contributed by atoms with Gasteiger partial charge in [-0.05, 0) is 18.0 Å². The summed E-state index contributed by atoms with van der Waals surface area (Å²) in [4.78, 5) is 15.6. The van der Waals surface area contributed by atoms with Crippen LogP contribution in [0.25, 0.3) is 10.4 Å². The van der Waals surface area contributed by atoms with Crippen LogP contribution in [0, 0.1) is 6.92 Å². The third-order valence-corrected chi connectivity index (χ3v) is 3.81. The van der Waals surface area contributed by atoms with Crippen LogP contribution in [0.4, 0.5) is 0 Å². The molecule has 1 saturated heterocycles. The number of rotatable bonds is 6. The topological polar surface area (TPSA) is 93.5 Å². The number of aryl methyl sites for hydroxylation is 1. The number of carbonyl (C=O) groups excluding carboxylic acids is 1. The number of methoxy groups -OCH3 is 2. The summed E-state index contributed by atoms with van der Waals surface area (Å²) in [5.74, 6) is -0.194. The van der Waals surface area contributed by atoms with Gasteiger partial charge in [-0.25, -0.2) is 0 Å². The summed E-state index contributed by atoms with van der Waals surface area (Å²) in [6.45, 7) is 1.86. The molecule has 4 atom stereocenters. The van der Waals surface area contributed by atoms with E-state index in [2.05, 4.69) is 10.0 Å². The Labute approximate surface area is 128 Å². The normalized spacial score (nSPS) is 25.5. The number of benzene rings is 1. The lowest BCUT2D eigenvalue weighted by molar-refractivity contribution is -0.137. The fraction of sp³-hybridized carbons (Fsp3) is 0.533. The number of ether oxygens (including phenoxy) is 3. The van der Waals surface area contributed by atoms with Gasteiger partial charge in [-0.2, -0.15) is 0 Å². The second kappa shape index (κ2) is 7.38. The molecule has 1 aromatic rings. The first-order chi connectivity index (χ1) is 10.6. The Kier molecular flexibility index (Phi) is 5.51. The van der Waals surface area contributed by atoms with Crippen LogP contribution in [0.1, 0.15) is 22.3 Å². The van der Waals surface area contributed by atoms with E-state index in [9.17, 15) is 4.79 Å². The van der Waals surface area contributed by atoms with Gasteiger partial charge in [0.1, 0.15) is 12.2 Å². The fourth-order valence-electron chi connectivity index (χ4n) is 2.65. The highest BCUT2D eigenvalue weighted by molar-refractivity contribution is 6.01. The summed E-state index contributed by atoms with van der Waals surface area (Å²) >= 11 is 0. The number of nitrogens with zero attached hydrogens (tertiary/aromatic N) is 3. The lowest BCUT2D eigenvalue weighted by Gasteiger charge is -2.24. The Morgan fingerprint density at radius 3 is 2.77 bits per heavy atom. The van der Waals surface area contributed by atoms with Crippen molar-refractivity contribution in [2.45, 2.75) is 37.9 Å². The SMILES string of the molecule is COC(C(=O)c1ccccc1C)[C@H]1O[C@H](OC)C[C@@H]1N=[N+]=[N-]. The molecule has 2 rings (SSSR count). The van der Waals surface area contributed by atoms with E-state index in [1.165, 1.54) is 14.2 Å². The third kappa shape index (κ3) is 3.28. The van der Waals surface area contributed by atoms with Gasteiger partial charge in [-0.1, -0.05) is 29.4 Å². The Bertz CT molecular complexity index is 586. The Morgan fingerprint density at radius 2 is 2.18 bits per heavy atom. The largest absolute Gasteiger partial charge is 0.371 e. The van der Waals surface area contributed by atoms with Crippen molar-refractivity contribution < 1.29 is 19.0 Å². The van der Waals surface area contributed by atoms with Crippen molar-refractivity contribution in [3.63, 3.8) is 0 Å². The second-order valence-corrected chi connectivity index (χ2v) is 5.11. The minimum atomic E-state index is -0.850. The zero-order valence-electron chi connectivity index (χ0n) is 12.8. The van der Waals surface area contributed by atoms with E-state index >= 15 is 0 Å². The number of carbonyl (C=O) groups is 1. The zero-order valence-corrected chi connectivity index (χ0v) is 12.8. The summed E-state index contributed by atoms with van der Waals surface area (Å²) in [6, 6.07) is 6.76. The molecule has 0 bridgehead atoms. The number of hydrogen-bond donors (Lipinski definition) is 0. The van der Waals surface area contributed by atoms with Gasteiger partial charge in [-0.15, -0.1) is 0 Å². The first kappa shape index (κ1) is 16.5. The predicted octanol–water partition coefficient (Wildman–Crippen LogP) is 2.63. The monoisotopic (exact) mass is 305 g/mol. The number of hydrogen-bond acceptors (Lipinski definition) is 5. The molecule has 0 amide bonds. The molecule has 1 unspecified atom stereocenters. The molecular formula is C15H19N3O4. The van der Waals surface area contributed by atoms with Crippen LogP contribution in [0.15, 0.2) is 29.4 Å². The molecule has 1 fully saturated rings. The average molecular weight is 305 g/mol. The molecule has 7 heteroatoms. The zero-order chi connectivity index (χ0) is 16.1. The van der Waals surface area contributed by atoms with Gasteiger partial charge in [0, 0.05) is 31.1 Å². The van der Waals surface area contributed by atoms with E-state index < -0.39 is 24.5 Å². The highest BCUT2D eigenvalue weighted by atomic mass is 16.7. The van der Waals surface area contributed by atoms with E-state index in [0.29, 0.717) is 12.0 Å². The molecule has 118 valence electrons. The van der Waals surface area contributed by atoms with Crippen LogP contribution < -0.4 is 0 Å². The summed E-state index contributed by atoms with van der Waals surface area (Å²) in [6.07, 6.45) is -1.64. The minimum Gasteiger partial charge on any atom is -0.371 e. The molecule has 1 aliphatic rings. The van der Waals surface area contributed by atoms with E-state index in [1.54, 1.807) is 12.1 Å². The summed E-state index contributed by atoms with van der Waals surface area (Å²) < 4.78 is 16.2. The van der Waals surface area contributed by atoms with Crippen molar-refractivity contribution in [3.8, 4) is 0 Å². The van der Waals surface area contributed by atoms with Crippen LogP contribution in [0.3, 0.4) is 0 Å². The maximum absolute atomic E-state index is 12.7. The van der Waals surface area contributed by atoms with Crippen LogP contribution >= 0.6 is 0 Å². The number of azide groups is 1. The van der Waals surface area contributed by atoms with Crippen LogP contribution in [-0.4, -0.2) is 44.5 Å². The Hall–Kier alpha value is -1.92. The van der Waals surface area contributed by atoms with Gasteiger partial charge in [0.15, 0.2) is 12.1 Å². The van der Waals surface area contributed by atoms with Gasteiger partial charge >= 0.3 is 0 Å². The molecule has 7 nitrogen and oxygen atoms in total. The fourth-order valence-corrected chi connectivity index (χ4v) is 2.65. The lowest BCUT2D eigenvalue weighted by atomic mass is 9.95. The van der Waals surface area contributed by atoms with E-state index in [1.807, 2.05) is 19.1 Å². The molecule has 0 saturated carbocycles. The first-order valence-corrected chi connectivity index (χ1v) is 6.97. The van der Waals surface area contributed by atoms with Crippen molar-refractivity contribution in [1.29, 1.82) is 0 Å².